The van der Waals surface area contributed by atoms with Gasteiger partial charge in [-0.15, -0.1) is 0 Å². The first-order valence-electron chi connectivity index (χ1n) is 7.56. The third-order valence-electron chi connectivity index (χ3n) is 3.86. The molecule has 3 aromatic rings. The van der Waals surface area contributed by atoms with E-state index in [0.717, 1.165) is 28.1 Å². The molecule has 5 nitrogen and oxygen atoms in total. The summed E-state index contributed by atoms with van der Waals surface area (Å²) in [5.74, 6) is 1.04. The fourth-order valence-electron chi connectivity index (χ4n) is 2.47. The molecular weight excluding hydrogens is 312 g/mol. The number of anilines is 1. The summed E-state index contributed by atoms with van der Waals surface area (Å²) in [5, 5.41) is 14.3. The zero-order valence-corrected chi connectivity index (χ0v) is 13.8. The molecule has 3 aromatic heterocycles. The molecule has 0 bridgehead atoms. The van der Waals surface area contributed by atoms with Crippen LogP contribution in [-0.2, 0) is 0 Å². The molecule has 0 aliphatic heterocycles. The van der Waals surface area contributed by atoms with E-state index in [1.807, 2.05) is 30.5 Å². The Morgan fingerprint density at radius 2 is 2.22 bits per heavy atom. The van der Waals surface area contributed by atoms with E-state index in [9.17, 15) is 5.11 Å². The highest BCUT2D eigenvalue weighted by Crippen LogP contribution is 2.29. The summed E-state index contributed by atoms with van der Waals surface area (Å²) in [5.41, 5.74) is 2.55. The number of hydrogen-bond donors (Lipinski definition) is 3. The van der Waals surface area contributed by atoms with E-state index in [1.54, 1.807) is 6.20 Å². The normalized spacial score (nSPS) is 12.7. The van der Waals surface area contributed by atoms with Gasteiger partial charge in [0.05, 0.1) is 23.4 Å². The zero-order chi connectivity index (χ0) is 16.4. The van der Waals surface area contributed by atoms with Gasteiger partial charge in [0.1, 0.15) is 11.5 Å². The molecule has 0 aliphatic rings. The van der Waals surface area contributed by atoms with E-state index in [-0.39, 0.29) is 14.1 Å². The molecule has 6 heteroatoms. The van der Waals surface area contributed by atoms with Crippen molar-refractivity contribution < 1.29 is 6.53 Å². The molecule has 3 rings (SSSR count). The molecule has 0 spiro atoms. The van der Waals surface area contributed by atoms with Crippen LogP contribution in [-0.4, -0.2) is 32.7 Å². The molecule has 122 valence electrons. The van der Waals surface area contributed by atoms with Gasteiger partial charge in [0, 0.05) is 24.8 Å². The Morgan fingerprint density at radius 3 is 2.96 bits per heavy atom. The largest absolute Gasteiger partial charge is 0.394 e. The van der Waals surface area contributed by atoms with E-state index < -0.39 is 0 Å². The predicted octanol–water partition coefficient (Wildman–Crippen LogP) is 3.95. The van der Waals surface area contributed by atoms with Gasteiger partial charge in [0.25, 0.3) is 0 Å². The molecule has 0 aromatic carbocycles. The van der Waals surface area contributed by atoms with Crippen molar-refractivity contribution in [3.63, 3.8) is 0 Å². The topological polar surface area (TPSA) is 73.8 Å². The van der Waals surface area contributed by atoms with Crippen LogP contribution in [0.1, 0.15) is 15.3 Å². The molecule has 0 unspecified atom stereocenters. The first kappa shape index (κ1) is 15.8. The Morgan fingerprint density at radius 1 is 1.39 bits per heavy atom. The van der Waals surface area contributed by atoms with Crippen molar-refractivity contribution in [1.29, 1.82) is 0 Å². The van der Waals surface area contributed by atoms with Gasteiger partial charge in [0.15, 0.2) is 0 Å². The summed E-state index contributed by atoms with van der Waals surface area (Å²) < 4.78 is 0. The van der Waals surface area contributed by atoms with E-state index in [1.165, 1.54) is 0 Å². The second-order valence-corrected chi connectivity index (χ2v) is 6.27. The maximum Gasteiger partial charge on any atom is 0.138 e. The SMILES string of the molecule is CC(C)[C@@H](CO)Nc1cccc(-c2c[nH]c3ncc(Cl)cc23)n1.[HH]. The molecule has 0 radical (unpaired) electrons. The van der Waals surface area contributed by atoms with Crippen molar-refractivity contribution in [1.82, 2.24) is 15.0 Å². The van der Waals surface area contributed by atoms with Crippen LogP contribution in [0.15, 0.2) is 36.7 Å². The van der Waals surface area contributed by atoms with Crippen molar-refractivity contribution in [3.8, 4) is 11.3 Å². The van der Waals surface area contributed by atoms with Crippen LogP contribution in [0.2, 0.25) is 5.02 Å². The van der Waals surface area contributed by atoms with Gasteiger partial charge >= 0.3 is 0 Å². The Hall–Kier alpha value is -2.11. The van der Waals surface area contributed by atoms with Crippen molar-refractivity contribution in [3.05, 3.63) is 41.7 Å². The lowest BCUT2D eigenvalue weighted by Gasteiger charge is -2.20. The van der Waals surface area contributed by atoms with Crippen molar-refractivity contribution >= 4 is 28.5 Å². The third kappa shape index (κ3) is 3.30. The van der Waals surface area contributed by atoms with Gasteiger partial charge in [-0.3, -0.25) is 0 Å². The van der Waals surface area contributed by atoms with Crippen LogP contribution < -0.4 is 5.32 Å². The average Bonchev–Trinajstić information content (AvgIpc) is 2.95. The summed E-state index contributed by atoms with van der Waals surface area (Å²) in [6, 6.07) is 7.63. The smallest absolute Gasteiger partial charge is 0.138 e. The number of halogens is 1. The van der Waals surface area contributed by atoms with Gasteiger partial charge in [-0.1, -0.05) is 31.5 Å². The Kier molecular flexibility index (Phi) is 4.50. The number of aromatic amines is 1. The summed E-state index contributed by atoms with van der Waals surface area (Å²) >= 11 is 6.05. The highest BCUT2D eigenvalue weighted by atomic mass is 35.5. The van der Waals surface area contributed by atoms with E-state index in [4.69, 9.17) is 11.6 Å². The minimum absolute atomic E-state index is 0. The first-order chi connectivity index (χ1) is 11.1. The van der Waals surface area contributed by atoms with Crippen molar-refractivity contribution in [2.75, 3.05) is 11.9 Å². The fraction of sp³-hybridized carbons (Fsp3) is 0.294. The summed E-state index contributed by atoms with van der Waals surface area (Å²) in [6.45, 7) is 4.19. The number of pyridine rings is 2. The quantitative estimate of drug-likeness (QED) is 0.661. The van der Waals surface area contributed by atoms with Crippen LogP contribution in [0.5, 0.6) is 0 Å². The van der Waals surface area contributed by atoms with Crippen LogP contribution >= 0.6 is 11.6 Å². The predicted molar refractivity (Wildman–Crippen MR) is 95.8 cm³/mol. The lowest BCUT2D eigenvalue weighted by Crippen LogP contribution is -2.29. The maximum absolute atomic E-state index is 9.46. The van der Waals surface area contributed by atoms with Crippen LogP contribution in [0.4, 0.5) is 5.82 Å². The number of hydrogen-bond acceptors (Lipinski definition) is 4. The Balaban J connectivity index is 0.00000208. The minimum Gasteiger partial charge on any atom is -0.394 e. The molecule has 1 atom stereocenters. The van der Waals surface area contributed by atoms with E-state index >= 15 is 0 Å². The molecule has 0 aliphatic carbocycles. The van der Waals surface area contributed by atoms with E-state index in [0.29, 0.717) is 10.9 Å². The number of aromatic nitrogens is 3. The van der Waals surface area contributed by atoms with Gasteiger partial charge in [-0.25, -0.2) is 9.97 Å². The number of aliphatic hydroxyl groups excluding tert-OH is 1. The number of aliphatic hydroxyl groups is 1. The molecule has 23 heavy (non-hydrogen) atoms. The minimum atomic E-state index is -0.0307. The standard InChI is InChI=1S/C17H19ClN4O.H2/c1-10(2)15(9-23)22-16-5-3-4-14(21-16)13-8-20-17-12(13)6-11(18)7-19-17;/h3-8,10,15,23H,9H2,1-2H3,(H,19,20)(H,21,22);1H/t15-;/m1./s1. The third-order valence-corrected chi connectivity index (χ3v) is 4.06. The second kappa shape index (κ2) is 6.56. The van der Waals surface area contributed by atoms with Crippen LogP contribution in [0.25, 0.3) is 22.3 Å². The maximum atomic E-state index is 9.46. The van der Waals surface area contributed by atoms with Crippen LogP contribution in [0, 0.1) is 5.92 Å². The van der Waals surface area contributed by atoms with Gasteiger partial charge in [0.2, 0.25) is 0 Å². The highest BCUT2D eigenvalue weighted by molar-refractivity contribution is 6.31. The highest BCUT2D eigenvalue weighted by Gasteiger charge is 2.14. The summed E-state index contributed by atoms with van der Waals surface area (Å²) in [6.07, 6.45) is 3.50. The zero-order valence-electron chi connectivity index (χ0n) is 13.0. The first-order valence-corrected chi connectivity index (χ1v) is 7.93. The molecule has 0 fully saturated rings. The second-order valence-electron chi connectivity index (χ2n) is 5.84. The molecule has 0 saturated heterocycles. The average molecular weight is 333 g/mol. The number of rotatable bonds is 5. The van der Waals surface area contributed by atoms with E-state index in [2.05, 4.69) is 34.1 Å². The number of nitrogens with one attached hydrogen (secondary N) is 2. The number of fused-ring (bicyclic) bond motifs is 1. The van der Waals surface area contributed by atoms with Crippen molar-refractivity contribution in [2.24, 2.45) is 5.92 Å². The lowest BCUT2D eigenvalue weighted by atomic mass is 10.1. The van der Waals surface area contributed by atoms with Gasteiger partial charge in [-0.2, -0.15) is 0 Å². The molecular formula is C17H21ClN4O. The Bertz CT molecular complexity index is 821. The molecule has 0 saturated carbocycles. The molecule has 3 heterocycles. The van der Waals surface area contributed by atoms with Crippen LogP contribution in [0.3, 0.4) is 0 Å². The number of H-pyrrole nitrogens is 1. The monoisotopic (exact) mass is 332 g/mol. The summed E-state index contributed by atoms with van der Waals surface area (Å²) in [7, 11) is 0. The molecule has 0 amide bonds. The van der Waals surface area contributed by atoms with Gasteiger partial charge < -0.3 is 15.4 Å². The van der Waals surface area contributed by atoms with Crippen molar-refractivity contribution in [2.45, 2.75) is 19.9 Å². The lowest BCUT2D eigenvalue weighted by molar-refractivity contribution is 0.249. The fourth-order valence-corrected chi connectivity index (χ4v) is 2.63. The number of nitrogens with zero attached hydrogens (tertiary/aromatic N) is 2. The Labute approximate surface area is 141 Å². The summed E-state index contributed by atoms with van der Waals surface area (Å²) in [4.78, 5) is 12.1. The van der Waals surface area contributed by atoms with Gasteiger partial charge in [-0.05, 0) is 24.1 Å². The molecule has 3 N–H and O–H groups in total.